The largest absolute Gasteiger partial charge is 0.494 e. The van der Waals surface area contributed by atoms with Crippen LogP contribution in [0.3, 0.4) is 0 Å². The number of aryl methyl sites for hydroxylation is 1. The topological polar surface area (TPSA) is 82.5 Å². The molecule has 0 saturated heterocycles. The molecule has 2 aromatic carbocycles. The van der Waals surface area contributed by atoms with Gasteiger partial charge in [-0.25, -0.2) is 0 Å². The second-order valence-corrected chi connectivity index (χ2v) is 7.34. The van der Waals surface area contributed by atoms with Crippen molar-refractivity contribution in [3.05, 3.63) is 81.1 Å². The lowest BCUT2D eigenvalue weighted by Gasteiger charge is -2.15. The predicted octanol–water partition coefficient (Wildman–Crippen LogP) is 3.68. The molecule has 1 N–H and O–H groups in total. The molecule has 1 aromatic heterocycles. The lowest BCUT2D eigenvalue weighted by atomic mass is 10.2. The van der Waals surface area contributed by atoms with Crippen molar-refractivity contribution in [2.45, 2.75) is 33.4 Å². The van der Waals surface area contributed by atoms with E-state index in [0.29, 0.717) is 23.9 Å². The number of carbonyl (C=O) groups excluding carboxylic acids is 1. The van der Waals surface area contributed by atoms with Gasteiger partial charge in [0.1, 0.15) is 5.75 Å². The highest BCUT2D eigenvalue weighted by Gasteiger charge is 2.16. The molecule has 162 valence electrons. The molecule has 0 spiro atoms. The molecule has 1 amide bonds. The van der Waals surface area contributed by atoms with Gasteiger partial charge in [-0.2, -0.15) is 4.68 Å². The summed E-state index contributed by atoms with van der Waals surface area (Å²) in [5.74, 6) is 0.639. The Hall–Kier alpha value is -3.32. The summed E-state index contributed by atoms with van der Waals surface area (Å²) in [5.41, 5.74) is 1.99. The van der Waals surface area contributed by atoms with Crippen molar-refractivity contribution in [1.82, 2.24) is 15.1 Å². The molecule has 0 radical (unpaired) electrons. The van der Waals surface area contributed by atoms with E-state index >= 15 is 0 Å². The normalized spacial score (nSPS) is 11.6. The minimum Gasteiger partial charge on any atom is -0.494 e. The zero-order valence-corrected chi connectivity index (χ0v) is 18.3. The fourth-order valence-electron chi connectivity index (χ4n) is 2.88. The van der Waals surface area contributed by atoms with E-state index in [-0.39, 0.29) is 17.3 Å². The zero-order valence-electron chi connectivity index (χ0n) is 17.6. The van der Waals surface area contributed by atoms with Crippen LogP contribution in [0.2, 0.25) is 5.02 Å². The Bertz CT molecular complexity index is 1110. The van der Waals surface area contributed by atoms with Gasteiger partial charge in [0.2, 0.25) is 5.88 Å². The third-order valence-corrected chi connectivity index (χ3v) is 4.78. The first kappa shape index (κ1) is 22.4. The van der Waals surface area contributed by atoms with Crippen LogP contribution in [-0.2, 0) is 11.3 Å². The maximum Gasteiger partial charge on any atom is 0.271 e. The van der Waals surface area contributed by atoms with Crippen LogP contribution in [-0.4, -0.2) is 28.4 Å². The van der Waals surface area contributed by atoms with Gasteiger partial charge in [-0.3, -0.25) is 9.59 Å². The van der Waals surface area contributed by atoms with E-state index in [1.165, 1.54) is 16.8 Å². The van der Waals surface area contributed by atoms with Crippen molar-refractivity contribution in [2.24, 2.45) is 0 Å². The van der Waals surface area contributed by atoms with Crippen LogP contribution in [0.4, 0.5) is 0 Å². The van der Waals surface area contributed by atoms with Crippen molar-refractivity contribution in [3.63, 3.8) is 0 Å². The van der Waals surface area contributed by atoms with Gasteiger partial charge in [-0.15, -0.1) is 5.10 Å². The number of ether oxygens (including phenoxy) is 2. The van der Waals surface area contributed by atoms with E-state index in [9.17, 15) is 9.59 Å². The van der Waals surface area contributed by atoms with Crippen LogP contribution in [0, 0.1) is 6.92 Å². The van der Waals surface area contributed by atoms with E-state index in [0.717, 1.165) is 16.9 Å². The van der Waals surface area contributed by atoms with Crippen LogP contribution < -0.4 is 20.3 Å². The summed E-state index contributed by atoms with van der Waals surface area (Å²) in [6.45, 7) is 6.35. The quantitative estimate of drug-likeness (QED) is 0.576. The number of amides is 1. The van der Waals surface area contributed by atoms with Crippen molar-refractivity contribution in [3.8, 4) is 17.3 Å². The number of benzene rings is 2. The van der Waals surface area contributed by atoms with E-state index in [4.69, 9.17) is 21.1 Å². The second kappa shape index (κ2) is 10.1. The molecule has 0 aliphatic heterocycles. The number of nitrogens with zero attached hydrogens (tertiary/aromatic N) is 2. The zero-order chi connectivity index (χ0) is 22.4. The minimum absolute atomic E-state index is 0.155. The minimum atomic E-state index is -0.804. The smallest absolute Gasteiger partial charge is 0.271 e. The van der Waals surface area contributed by atoms with E-state index in [2.05, 4.69) is 10.4 Å². The maximum atomic E-state index is 12.4. The summed E-state index contributed by atoms with van der Waals surface area (Å²) in [4.78, 5) is 24.7. The van der Waals surface area contributed by atoms with Gasteiger partial charge in [0.25, 0.3) is 11.5 Å². The molecule has 0 saturated carbocycles. The van der Waals surface area contributed by atoms with Gasteiger partial charge in [-0.05, 0) is 56.2 Å². The summed E-state index contributed by atoms with van der Waals surface area (Å²) >= 11 is 6.06. The van der Waals surface area contributed by atoms with Crippen LogP contribution in [0.5, 0.6) is 11.6 Å². The summed E-state index contributed by atoms with van der Waals surface area (Å²) in [6.07, 6.45) is -0.804. The van der Waals surface area contributed by atoms with Crippen molar-refractivity contribution >= 4 is 17.5 Å². The average molecular weight is 442 g/mol. The SMILES string of the molecule is CCOc1ccc(CNC(=O)[C@H](C)Oc2ccc(=O)n(-c3cc(Cl)ccc3C)n2)cc1. The molecule has 1 heterocycles. The van der Waals surface area contributed by atoms with Gasteiger partial charge in [0.05, 0.1) is 12.3 Å². The molecule has 7 nitrogen and oxygen atoms in total. The van der Waals surface area contributed by atoms with E-state index < -0.39 is 6.10 Å². The number of aromatic nitrogens is 2. The highest BCUT2D eigenvalue weighted by atomic mass is 35.5. The van der Waals surface area contributed by atoms with Gasteiger partial charge in [-0.1, -0.05) is 29.8 Å². The van der Waals surface area contributed by atoms with Gasteiger partial charge in [0, 0.05) is 23.7 Å². The average Bonchev–Trinajstić information content (AvgIpc) is 2.76. The molecule has 0 aliphatic rings. The molecule has 0 unspecified atom stereocenters. The molecule has 3 rings (SSSR count). The van der Waals surface area contributed by atoms with E-state index in [1.807, 2.05) is 38.1 Å². The number of hydrogen-bond donors (Lipinski definition) is 1. The first-order valence-electron chi connectivity index (χ1n) is 9.90. The Morgan fingerprint density at radius 1 is 1.16 bits per heavy atom. The molecule has 0 bridgehead atoms. The second-order valence-electron chi connectivity index (χ2n) is 6.91. The van der Waals surface area contributed by atoms with Crippen LogP contribution in [0.1, 0.15) is 25.0 Å². The molecule has 3 aromatic rings. The molecule has 0 aliphatic carbocycles. The van der Waals surface area contributed by atoms with Gasteiger partial charge in [0.15, 0.2) is 6.10 Å². The number of nitrogens with one attached hydrogen (secondary N) is 1. The number of halogens is 1. The van der Waals surface area contributed by atoms with Gasteiger partial charge < -0.3 is 14.8 Å². The predicted molar refractivity (Wildman–Crippen MR) is 119 cm³/mol. The lowest BCUT2D eigenvalue weighted by molar-refractivity contribution is -0.127. The third-order valence-electron chi connectivity index (χ3n) is 4.54. The number of hydrogen-bond acceptors (Lipinski definition) is 5. The standard InChI is InChI=1S/C23H24ClN3O4/c1-4-30-19-9-6-17(7-10-19)14-25-23(29)16(3)31-21-11-12-22(28)27(26-21)20-13-18(24)8-5-15(20)2/h5-13,16H,4,14H2,1-3H3,(H,25,29)/t16-/m0/s1. The van der Waals surface area contributed by atoms with Crippen molar-refractivity contribution < 1.29 is 14.3 Å². The van der Waals surface area contributed by atoms with Crippen LogP contribution in [0.25, 0.3) is 5.69 Å². The summed E-state index contributed by atoms with van der Waals surface area (Å²) in [7, 11) is 0. The van der Waals surface area contributed by atoms with Crippen LogP contribution in [0.15, 0.2) is 59.4 Å². The third kappa shape index (κ3) is 5.86. The van der Waals surface area contributed by atoms with Crippen molar-refractivity contribution in [2.75, 3.05) is 6.61 Å². The summed E-state index contributed by atoms with van der Waals surface area (Å²) < 4.78 is 12.3. The molecule has 31 heavy (non-hydrogen) atoms. The summed E-state index contributed by atoms with van der Waals surface area (Å²) in [5, 5.41) is 7.56. The highest BCUT2D eigenvalue weighted by molar-refractivity contribution is 6.30. The van der Waals surface area contributed by atoms with Gasteiger partial charge >= 0.3 is 0 Å². The lowest BCUT2D eigenvalue weighted by Crippen LogP contribution is -2.36. The first-order chi connectivity index (χ1) is 14.9. The Morgan fingerprint density at radius 2 is 1.90 bits per heavy atom. The molecular weight excluding hydrogens is 418 g/mol. The van der Waals surface area contributed by atoms with Crippen LogP contribution >= 0.6 is 11.6 Å². The highest BCUT2D eigenvalue weighted by Crippen LogP contribution is 2.18. The fourth-order valence-corrected chi connectivity index (χ4v) is 3.04. The molecular formula is C23H24ClN3O4. The number of carbonyl (C=O) groups is 1. The Morgan fingerprint density at radius 3 is 2.61 bits per heavy atom. The monoisotopic (exact) mass is 441 g/mol. The molecule has 1 atom stereocenters. The Kier molecular flexibility index (Phi) is 7.31. The molecule has 8 heteroatoms. The molecule has 0 fully saturated rings. The summed E-state index contributed by atoms with van der Waals surface area (Å²) in [6, 6.07) is 15.5. The van der Waals surface area contributed by atoms with E-state index in [1.54, 1.807) is 25.1 Å². The fraction of sp³-hybridized carbons (Fsp3) is 0.261. The Balaban J connectivity index is 1.65. The van der Waals surface area contributed by atoms with Crippen molar-refractivity contribution in [1.29, 1.82) is 0 Å². The maximum absolute atomic E-state index is 12.4. The Labute approximate surface area is 185 Å². The first-order valence-corrected chi connectivity index (χ1v) is 10.3. The number of rotatable bonds is 8.